The Kier molecular flexibility index (Phi) is 7.94. The van der Waals surface area contributed by atoms with Crippen molar-refractivity contribution < 1.29 is 22.3 Å². The second-order valence-electron chi connectivity index (χ2n) is 10.8. The Morgan fingerprint density at radius 1 is 1.11 bits per heavy atom. The van der Waals surface area contributed by atoms with Crippen molar-refractivity contribution in [3.63, 3.8) is 0 Å². The Morgan fingerprint density at radius 3 is 2.50 bits per heavy atom. The average Bonchev–Trinajstić information content (AvgIpc) is 3.17. The second kappa shape index (κ2) is 10.6. The quantitative estimate of drug-likeness (QED) is 0.183. The van der Waals surface area contributed by atoms with Gasteiger partial charge in [-0.25, -0.2) is 8.42 Å². The SMILES string of the molecule is C[N+]1=C(/C=C/C=C2\N(CCCS(=O)(=O)[O-])c3ccccc3C2(C)C)C(C)(C)c2cc(NC(=O)CI)ccc21. The van der Waals surface area contributed by atoms with Gasteiger partial charge in [0.15, 0.2) is 5.71 Å². The van der Waals surface area contributed by atoms with Gasteiger partial charge in [-0.15, -0.1) is 0 Å². The molecule has 2 aliphatic rings. The fraction of sp³-hybridized carbons (Fsp3) is 0.379. The lowest BCUT2D eigenvalue weighted by Crippen LogP contribution is -2.28. The summed E-state index contributed by atoms with van der Waals surface area (Å²) in [6, 6.07) is 14.2. The third-order valence-electron chi connectivity index (χ3n) is 7.52. The fourth-order valence-electron chi connectivity index (χ4n) is 5.62. The van der Waals surface area contributed by atoms with Gasteiger partial charge in [0, 0.05) is 52.5 Å². The Bertz CT molecular complexity index is 1470. The van der Waals surface area contributed by atoms with E-state index >= 15 is 0 Å². The summed E-state index contributed by atoms with van der Waals surface area (Å²) in [6.45, 7) is 9.13. The Hall–Kier alpha value is -2.50. The first kappa shape index (κ1) is 28.5. The first-order valence-electron chi connectivity index (χ1n) is 12.6. The Labute approximate surface area is 239 Å². The molecule has 0 saturated carbocycles. The molecule has 2 heterocycles. The minimum atomic E-state index is -4.27. The molecule has 2 aromatic carbocycles. The summed E-state index contributed by atoms with van der Waals surface area (Å²) in [5.41, 5.74) is 6.87. The molecule has 1 amide bonds. The minimum absolute atomic E-state index is 0.0250. The average molecular weight is 648 g/mol. The standard InChI is InChI=1S/C29H34IN3O4S/c1-28(2)21-10-6-7-11-24(21)33(16-9-17-38(35,36)37)26(28)13-8-12-25-29(3,4)22-18-20(31-27(34)19-30)14-15-23(22)32(25)5/h6-8,10-15,18H,9,16-17,19H2,1-5H3,(H-,31,34,35,36,37). The molecule has 0 spiro atoms. The Balaban J connectivity index is 1.65. The van der Waals surface area contributed by atoms with Gasteiger partial charge in [-0.3, -0.25) is 4.79 Å². The van der Waals surface area contributed by atoms with Crippen LogP contribution in [0.2, 0.25) is 0 Å². The van der Waals surface area contributed by atoms with Crippen molar-refractivity contribution in [2.24, 2.45) is 0 Å². The summed E-state index contributed by atoms with van der Waals surface area (Å²) >= 11 is 2.05. The number of allylic oxidation sites excluding steroid dienone is 4. The fourth-order valence-corrected chi connectivity index (χ4v) is 6.29. The van der Waals surface area contributed by atoms with Crippen LogP contribution in [-0.2, 0) is 25.7 Å². The number of rotatable bonds is 8. The van der Waals surface area contributed by atoms with Gasteiger partial charge in [0.25, 0.3) is 0 Å². The molecule has 38 heavy (non-hydrogen) atoms. The summed E-state index contributed by atoms with van der Waals surface area (Å²) < 4.78 is 36.3. The number of para-hydroxylation sites is 1. The lowest BCUT2D eigenvalue weighted by atomic mass is 9.81. The highest BCUT2D eigenvalue weighted by atomic mass is 127. The number of fused-ring (bicyclic) bond motifs is 2. The maximum atomic E-state index is 11.9. The number of halogens is 1. The predicted molar refractivity (Wildman–Crippen MR) is 161 cm³/mol. The number of anilines is 2. The van der Waals surface area contributed by atoms with E-state index in [0.717, 1.165) is 34.0 Å². The number of nitrogens with one attached hydrogen (secondary N) is 1. The van der Waals surface area contributed by atoms with Crippen LogP contribution in [0.25, 0.3) is 0 Å². The van der Waals surface area contributed by atoms with Crippen molar-refractivity contribution in [2.45, 2.75) is 44.9 Å². The molecule has 0 radical (unpaired) electrons. The molecule has 0 fully saturated rings. The molecule has 1 N–H and O–H groups in total. The second-order valence-corrected chi connectivity index (χ2v) is 13.1. The van der Waals surface area contributed by atoms with E-state index in [9.17, 15) is 17.8 Å². The van der Waals surface area contributed by atoms with Gasteiger partial charge in [-0.2, -0.15) is 4.58 Å². The monoisotopic (exact) mass is 647 g/mol. The largest absolute Gasteiger partial charge is 0.748 e. The van der Waals surface area contributed by atoms with E-state index in [0.29, 0.717) is 11.0 Å². The number of hydrogen-bond acceptors (Lipinski definition) is 5. The molecule has 4 rings (SSSR count). The van der Waals surface area contributed by atoms with E-state index in [-0.39, 0.29) is 28.9 Å². The summed E-state index contributed by atoms with van der Waals surface area (Å²) in [4.78, 5) is 14.0. The normalized spacial score (nSPS) is 18.8. The summed E-state index contributed by atoms with van der Waals surface area (Å²) in [6.07, 6.45) is 6.53. The Morgan fingerprint density at radius 2 is 1.82 bits per heavy atom. The minimum Gasteiger partial charge on any atom is -0.748 e. The van der Waals surface area contributed by atoms with Crippen LogP contribution in [0, 0.1) is 0 Å². The number of benzene rings is 2. The molecule has 7 nitrogen and oxygen atoms in total. The third-order valence-corrected chi connectivity index (χ3v) is 9.00. The van der Waals surface area contributed by atoms with Gasteiger partial charge >= 0.3 is 0 Å². The number of alkyl halides is 1. The molecular formula is C29H34IN3O4S. The molecule has 0 saturated heterocycles. The molecule has 0 unspecified atom stereocenters. The van der Waals surface area contributed by atoms with Gasteiger partial charge in [0.1, 0.15) is 7.05 Å². The zero-order valence-corrected chi connectivity index (χ0v) is 25.4. The molecule has 2 aromatic rings. The topological polar surface area (TPSA) is 92.6 Å². The maximum Gasteiger partial charge on any atom is 0.234 e. The smallest absolute Gasteiger partial charge is 0.234 e. The van der Waals surface area contributed by atoms with E-state index in [1.807, 2.05) is 30.3 Å². The van der Waals surface area contributed by atoms with E-state index in [1.165, 1.54) is 5.56 Å². The van der Waals surface area contributed by atoms with Crippen LogP contribution >= 0.6 is 22.6 Å². The number of nitrogens with zero attached hydrogens (tertiary/aromatic N) is 2. The zero-order chi connectivity index (χ0) is 27.9. The highest BCUT2D eigenvalue weighted by Gasteiger charge is 2.43. The predicted octanol–water partition coefficient (Wildman–Crippen LogP) is 5.24. The lowest BCUT2D eigenvalue weighted by molar-refractivity contribution is -0.401. The number of carbonyl (C=O) groups excluding carboxylic acids is 1. The van der Waals surface area contributed by atoms with Crippen LogP contribution in [0.4, 0.5) is 17.1 Å². The van der Waals surface area contributed by atoms with Gasteiger partial charge in [-0.05, 0) is 50.1 Å². The van der Waals surface area contributed by atoms with Crippen LogP contribution in [-0.4, -0.2) is 52.9 Å². The highest BCUT2D eigenvalue weighted by Crippen LogP contribution is 2.47. The molecule has 202 valence electrons. The number of hydrogen-bond donors (Lipinski definition) is 1. The van der Waals surface area contributed by atoms with Crippen molar-refractivity contribution in [1.29, 1.82) is 0 Å². The van der Waals surface area contributed by atoms with E-state index in [1.54, 1.807) is 0 Å². The van der Waals surface area contributed by atoms with Crippen LogP contribution in [0.3, 0.4) is 0 Å². The van der Waals surface area contributed by atoms with Crippen LogP contribution in [0.5, 0.6) is 0 Å². The molecule has 0 bridgehead atoms. The molecule has 0 atom stereocenters. The molecule has 2 aliphatic heterocycles. The van der Waals surface area contributed by atoms with Crippen molar-refractivity contribution in [3.05, 3.63) is 77.5 Å². The van der Waals surface area contributed by atoms with Crippen molar-refractivity contribution in [2.75, 3.05) is 34.0 Å². The first-order chi connectivity index (χ1) is 17.8. The summed E-state index contributed by atoms with van der Waals surface area (Å²) in [5, 5.41) is 2.95. The number of carbonyl (C=O) groups is 1. The van der Waals surface area contributed by atoms with E-state index in [4.69, 9.17) is 0 Å². The number of amides is 1. The molecule has 9 heteroatoms. The summed E-state index contributed by atoms with van der Waals surface area (Å²) in [5.74, 6) is -0.409. The molecular weight excluding hydrogens is 613 g/mol. The van der Waals surface area contributed by atoms with Crippen LogP contribution < -0.4 is 10.2 Å². The zero-order valence-electron chi connectivity index (χ0n) is 22.4. The van der Waals surface area contributed by atoms with Crippen molar-refractivity contribution >= 4 is 61.4 Å². The maximum absolute atomic E-state index is 11.9. The van der Waals surface area contributed by atoms with E-state index < -0.39 is 10.1 Å². The van der Waals surface area contributed by atoms with Gasteiger partial charge in [-0.1, -0.05) is 60.7 Å². The van der Waals surface area contributed by atoms with Crippen LogP contribution in [0.1, 0.15) is 45.2 Å². The third kappa shape index (κ3) is 5.46. The van der Waals surface area contributed by atoms with Gasteiger partial charge in [0.2, 0.25) is 11.6 Å². The first-order valence-corrected chi connectivity index (χ1v) is 15.7. The molecule has 0 aliphatic carbocycles. The van der Waals surface area contributed by atoms with E-state index in [2.05, 4.69) is 102 Å². The van der Waals surface area contributed by atoms with Crippen LogP contribution in [0.15, 0.2) is 66.4 Å². The van der Waals surface area contributed by atoms with Gasteiger partial charge < -0.3 is 14.8 Å². The molecule has 0 aromatic heterocycles. The highest BCUT2D eigenvalue weighted by molar-refractivity contribution is 14.1. The van der Waals surface area contributed by atoms with Gasteiger partial charge in [0.05, 0.1) is 20.0 Å². The van der Waals surface area contributed by atoms with Crippen molar-refractivity contribution in [3.8, 4) is 0 Å². The summed E-state index contributed by atoms with van der Waals surface area (Å²) in [7, 11) is -2.22. The van der Waals surface area contributed by atoms with Crippen molar-refractivity contribution in [1.82, 2.24) is 0 Å². The lowest BCUT2D eigenvalue weighted by Gasteiger charge is -2.27.